The first-order chi connectivity index (χ1) is 5.60. The highest BCUT2D eigenvalue weighted by molar-refractivity contribution is 6.18. The summed E-state index contributed by atoms with van der Waals surface area (Å²) in [6.45, 7) is 6.63. The van der Waals surface area contributed by atoms with Crippen molar-refractivity contribution in [2.24, 2.45) is 5.92 Å². The molecule has 0 aliphatic heterocycles. The van der Waals surface area contributed by atoms with Crippen LogP contribution in [0.1, 0.15) is 33.6 Å². The maximum atomic E-state index is 5.61. The molecule has 1 fully saturated rings. The highest BCUT2D eigenvalue weighted by Gasteiger charge is 2.45. The summed E-state index contributed by atoms with van der Waals surface area (Å²) in [5.74, 6) is 1.32. The molecule has 70 valence electrons. The Labute approximate surface area is 80.2 Å². The molecule has 0 aromatic carbocycles. The van der Waals surface area contributed by atoms with E-state index < -0.39 is 0 Å². The van der Waals surface area contributed by atoms with Crippen LogP contribution >= 0.6 is 11.6 Å². The third-order valence-corrected chi connectivity index (χ3v) is 2.88. The van der Waals surface area contributed by atoms with Crippen molar-refractivity contribution >= 4 is 11.6 Å². The molecular formula is C10H18ClN. The van der Waals surface area contributed by atoms with Crippen LogP contribution in [0.3, 0.4) is 0 Å². The lowest BCUT2D eigenvalue weighted by atomic mass is 10.0. The fraction of sp³-hybridized carbons (Fsp3) is 0.800. The topological polar surface area (TPSA) is 12.0 Å². The highest BCUT2D eigenvalue weighted by atomic mass is 35.5. The van der Waals surface area contributed by atoms with Crippen molar-refractivity contribution in [3.63, 3.8) is 0 Å². The second-order valence-electron chi connectivity index (χ2n) is 3.98. The van der Waals surface area contributed by atoms with E-state index in [0.717, 1.165) is 5.92 Å². The summed E-state index contributed by atoms with van der Waals surface area (Å²) in [4.78, 5) is 0. The van der Waals surface area contributed by atoms with E-state index in [1.807, 2.05) is 6.08 Å². The maximum Gasteiger partial charge on any atom is 0.0423 e. The van der Waals surface area contributed by atoms with Gasteiger partial charge in [0.05, 0.1) is 0 Å². The Balaban J connectivity index is 2.45. The van der Waals surface area contributed by atoms with Crippen molar-refractivity contribution in [3.8, 4) is 0 Å². The van der Waals surface area contributed by atoms with Crippen LogP contribution in [-0.2, 0) is 0 Å². The molecule has 0 spiro atoms. The van der Waals surface area contributed by atoms with E-state index in [9.17, 15) is 0 Å². The van der Waals surface area contributed by atoms with E-state index in [0.29, 0.717) is 11.4 Å². The van der Waals surface area contributed by atoms with Gasteiger partial charge in [-0.25, -0.2) is 0 Å². The fourth-order valence-corrected chi connectivity index (χ4v) is 1.77. The summed E-state index contributed by atoms with van der Waals surface area (Å²) in [5, 5.41) is 3.54. The Morgan fingerprint density at radius 2 is 2.17 bits per heavy atom. The van der Waals surface area contributed by atoms with Crippen LogP contribution in [0.2, 0.25) is 0 Å². The van der Waals surface area contributed by atoms with Crippen molar-refractivity contribution < 1.29 is 0 Å². The number of hydrogen-bond donors (Lipinski definition) is 1. The predicted octanol–water partition coefficient (Wildman–Crippen LogP) is 2.91. The summed E-state index contributed by atoms with van der Waals surface area (Å²) < 4.78 is 0. The minimum Gasteiger partial charge on any atom is -0.383 e. The Morgan fingerprint density at radius 3 is 2.50 bits per heavy atom. The molecule has 0 bridgehead atoms. The number of halogens is 1. The number of allylic oxidation sites excluding steroid dienone is 2. The Hall–Kier alpha value is -0.170. The molecule has 0 aromatic heterocycles. The van der Waals surface area contributed by atoms with E-state index >= 15 is 0 Å². The second-order valence-corrected chi connectivity index (χ2v) is 4.29. The minimum atomic E-state index is 0.395. The first-order valence-corrected chi connectivity index (χ1v) is 5.15. The monoisotopic (exact) mass is 187 g/mol. The van der Waals surface area contributed by atoms with Crippen molar-refractivity contribution in [1.82, 2.24) is 5.32 Å². The van der Waals surface area contributed by atoms with Gasteiger partial charge in [0.25, 0.3) is 0 Å². The van der Waals surface area contributed by atoms with Crippen LogP contribution in [0.25, 0.3) is 0 Å². The van der Waals surface area contributed by atoms with Crippen LogP contribution in [-0.4, -0.2) is 11.4 Å². The van der Waals surface area contributed by atoms with Crippen molar-refractivity contribution in [2.45, 2.75) is 39.2 Å². The van der Waals surface area contributed by atoms with Crippen molar-refractivity contribution in [3.05, 3.63) is 11.8 Å². The molecule has 1 aliphatic rings. The van der Waals surface area contributed by atoms with E-state index in [1.165, 1.54) is 18.5 Å². The van der Waals surface area contributed by atoms with Crippen LogP contribution in [0.15, 0.2) is 11.8 Å². The molecule has 1 N–H and O–H groups in total. The summed E-state index contributed by atoms with van der Waals surface area (Å²) in [6.07, 6.45) is 4.64. The van der Waals surface area contributed by atoms with Crippen LogP contribution in [0.4, 0.5) is 0 Å². The molecule has 12 heavy (non-hydrogen) atoms. The van der Waals surface area contributed by atoms with E-state index in [4.69, 9.17) is 11.6 Å². The molecule has 0 atom stereocenters. The maximum absolute atomic E-state index is 5.61. The third kappa shape index (κ3) is 2.16. The van der Waals surface area contributed by atoms with Gasteiger partial charge in [-0.1, -0.05) is 19.9 Å². The van der Waals surface area contributed by atoms with Crippen LogP contribution in [0, 0.1) is 5.92 Å². The lowest BCUT2D eigenvalue weighted by molar-refractivity contribution is 0.411. The van der Waals surface area contributed by atoms with Gasteiger partial charge in [-0.2, -0.15) is 0 Å². The molecule has 1 saturated carbocycles. The average Bonchev–Trinajstić information content (AvgIpc) is 2.69. The molecular weight excluding hydrogens is 170 g/mol. The first kappa shape index (κ1) is 9.91. The number of nitrogens with one attached hydrogen (secondary N) is 1. The van der Waals surface area contributed by atoms with Gasteiger partial charge in [-0.15, -0.1) is 11.6 Å². The van der Waals surface area contributed by atoms with Gasteiger partial charge in [-0.3, -0.25) is 0 Å². The Morgan fingerprint density at radius 1 is 1.58 bits per heavy atom. The zero-order valence-electron chi connectivity index (χ0n) is 8.15. The largest absolute Gasteiger partial charge is 0.383 e. The lowest BCUT2D eigenvalue weighted by Crippen LogP contribution is -2.34. The average molecular weight is 188 g/mol. The van der Waals surface area contributed by atoms with Crippen LogP contribution in [0.5, 0.6) is 0 Å². The molecule has 0 heterocycles. The molecule has 0 saturated heterocycles. The summed E-state index contributed by atoms with van der Waals surface area (Å²) in [5.41, 5.74) is 1.61. The second kappa shape index (κ2) is 3.69. The Bertz CT molecular complexity index is 180. The number of rotatable bonds is 4. The van der Waals surface area contributed by atoms with Gasteiger partial charge in [0, 0.05) is 17.1 Å². The van der Waals surface area contributed by atoms with Gasteiger partial charge >= 0.3 is 0 Å². The van der Waals surface area contributed by atoms with Gasteiger partial charge < -0.3 is 5.32 Å². The molecule has 0 unspecified atom stereocenters. The van der Waals surface area contributed by atoms with Gasteiger partial charge in [0.1, 0.15) is 0 Å². The van der Waals surface area contributed by atoms with Crippen LogP contribution < -0.4 is 5.32 Å². The minimum absolute atomic E-state index is 0.395. The predicted molar refractivity (Wildman–Crippen MR) is 54.4 cm³/mol. The molecule has 2 heteroatoms. The van der Waals surface area contributed by atoms with Crippen molar-refractivity contribution in [2.75, 3.05) is 5.88 Å². The van der Waals surface area contributed by atoms with E-state index in [-0.39, 0.29) is 0 Å². The first-order valence-electron chi connectivity index (χ1n) is 4.61. The summed E-state index contributed by atoms with van der Waals surface area (Å²) in [7, 11) is 0. The van der Waals surface area contributed by atoms with E-state index in [2.05, 4.69) is 26.1 Å². The standard InChI is InChI=1S/C10H18ClN/c1-8(2)10(5-6-10)12-9(3)4-7-11/h4,8,12H,5-7H2,1-3H3/b9-4-. The molecule has 0 aromatic rings. The lowest BCUT2D eigenvalue weighted by Gasteiger charge is -2.23. The van der Waals surface area contributed by atoms with Gasteiger partial charge in [0.15, 0.2) is 0 Å². The van der Waals surface area contributed by atoms with Crippen molar-refractivity contribution in [1.29, 1.82) is 0 Å². The number of hydrogen-bond acceptors (Lipinski definition) is 1. The zero-order chi connectivity index (χ0) is 9.19. The van der Waals surface area contributed by atoms with Gasteiger partial charge in [-0.05, 0) is 25.7 Å². The quantitative estimate of drug-likeness (QED) is 0.668. The molecule has 0 amide bonds. The summed E-state index contributed by atoms with van der Waals surface area (Å²) >= 11 is 5.61. The zero-order valence-corrected chi connectivity index (χ0v) is 8.91. The normalized spacial score (nSPS) is 21.2. The SMILES string of the molecule is C/C(=C/CCl)NC1(C(C)C)CC1. The Kier molecular flexibility index (Phi) is 3.05. The molecule has 1 nitrogen and oxygen atoms in total. The third-order valence-electron chi connectivity index (χ3n) is 2.72. The van der Waals surface area contributed by atoms with E-state index in [1.54, 1.807) is 0 Å². The molecule has 1 aliphatic carbocycles. The smallest absolute Gasteiger partial charge is 0.0423 e. The molecule has 1 rings (SSSR count). The summed E-state index contributed by atoms with van der Waals surface area (Å²) in [6, 6.07) is 0. The fourth-order valence-electron chi connectivity index (χ4n) is 1.54. The number of alkyl halides is 1. The highest BCUT2D eigenvalue weighted by Crippen LogP contribution is 2.42. The van der Waals surface area contributed by atoms with Gasteiger partial charge in [0.2, 0.25) is 0 Å². The molecule has 0 radical (unpaired) electrons.